The molecule has 6 nitrogen and oxygen atoms in total. The molecule has 0 amide bonds. The molecule has 0 N–H and O–H groups in total. The van der Waals surface area contributed by atoms with Crippen molar-refractivity contribution in [3.05, 3.63) is 109 Å². The molecular formula is C70H118O6. The van der Waals surface area contributed by atoms with Crippen LogP contribution in [0.25, 0.3) is 0 Å². The molecule has 1 unspecified atom stereocenters. The van der Waals surface area contributed by atoms with Gasteiger partial charge >= 0.3 is 17.9 Å². The van der Waals surface area contributed by atoms with Crippen molar-refractivity contribution in [2.45, 2.75) is 303 Å². The number of esters is 3. The van der Waals surface area contributed by atoms with Gasteiger partial charge in [-0.25, -0.2) is 0 Å². The molecule has 0 fully saturated rings. The summed E-state index contributed by atoms with van der Waals surface area (Å²) in [7, 11) is 0. The van der Waals surface area contributed by atoms with E-state index in [-0.39, 0.29) is 31.1 Å². The predicted molar refractivity (Wildman–Crippen MR) is 330 cm³/mol. The fourth-order valence-corrected chi connectivity index (χ4v) is 8.81. The Morgan fingerprint density at radius 2 is 0.513 bits per heavy atom. The molecule has 0 aliphatic rings. The third-order valence-electron chi connectivity index (χ3n) is 13.5. The zero-order chi connectivity index (χ0) is 55.0. The number of ether oxygens (including phenoxy) is 3. The van der Waals surface area contributed by atoms with Crippen LogP contribution in [-0.4, -0.2) is 37.2 Å². The maximum absolute atomic E-state index is 12.8. The minimum Gasteiger partial charge on any atom is -0.462 e. The fraction of sp³-hybridized carbons (Fsp3) is 0.700. The van der Waals surface area contributed by atoms with Gasteiger partial charge in [0.25, 0.3) is 0 Å². The largest absolute Gasteiger partial charge is 0.462 e. The number of rotatable bonds is 57. The number of hydrogen-bond acceptors (Lipinski definition) is 6. The van der Waals surface area contributed by atoms with E-state index in [0.717, 1.165) is 128 Å². The SMILES string of the molecule is CC/C=C\C/C=C\C/C=C\C/C=C\C/C=C\CCCCCCCCCCCCCCCCCCCC(=O)OCC(COC(=O)CCCCCCCCCC)OC(=O)CCCCCC/C=C\C/C=C\C/C=C\C/C=C\CC. The van der Waals surface area contributed by atoms with Crippen LogP contribution in [0.2, 0.25) is 0 Å². The summed E-state index contributed by atoms with van der Waals surface area (Å²) in [4.78, 5) is 38.1. The Morgan fingerprint density at radius 3 is 0.803 bits per heavy atom. The summed E-state index contributed by atoms with van der Waals surface area (Å²) in [5.74, 6) is -0.907. The van der Waals surface area contributed by atoms with Gasteiger partial charge in [0.2, 0.25) is 0 Å². The van der Waals surface area contributed by atoms with E-state index in [0.29, 0.717) is 19.3 Å². The second-order valence-corrected chi connectivity index (χ2v) is 20.9. The van der Waals surface area contributed by atoms with E-state index in [1.165, 1.54) is 128 Å². The highest BCUT2D eigenvalue weighted by Gasteiger charge is 2.19. The first-order valence-electron chi connectivity index (χ1n) is 31.9. The molecule has 0 heterocycles. The topological polar surface area (TPSA) is 78.9 Å². The number of carbonyl (C=O) groups excluding carboxylic acids is 3. The Balaban J connectivity index is 4.09. The number of carbonyl (C=O) groups is 3. The molecule has 6 heteroatoms. The van der Waals surface area contributed by atoms with Gasteiger partial charge in [-0.1, -0.05) is 284 Å². The molecule has 0 rings (SSSR count). The van der Waals surface area contributed by atoms with Crippen molar-refractivity contribution < 1.29 is 28.6 Å². The minimum atomic E-state index is -0.788. The van der Waals surface area contributed by atoms with E-state index < -0.39 is 6.10 Å². The van der Waals surface area contributed by atoms with Crippen LogP contribution in [0.4, 0.5) is 0 Å². The Hall–Kier alpha value is -3.93. The van der Waals surface area contributed by atoms with E-state index >= 15 is 0 Å². The van der Waals surface area contributed by atoms with Crippen LogP contribution in [0.1, 0.15) is 297 Å². The molecule has 0 saturated heterocycles. The molecule has 0 saturated carbocycles. The molecule has 434 valence electrons. The van der Waals surface area contributed by atoms with Gasteiger partial charge in [0.1, 0.15) is 13.2 Å². The summed E-state index contributed by atoms with van der Waals surface area (Å²) in [5, 5.41) is 0. The van der Waals surface area contributed by atoms with E-state index in [2.05, 4.69) is 130 Å². The van der Waals surface area contributed by atoms with Gasteiger partial charge in [0, 0.05) is 19.3 Å². The maximum atomic E-state index is 12.8. The maximum Gasteiger partial charge on any atom is 0.306 e. The monoisotopic (exact) mass is 1050 g/mol. The summed E-state index contributed by atoms with van der Waals surface area (Å²) in [6.07, 6.45) is 87.0. The summed E-state index contributed by atoms with van der Waals surface area (Å²) < 4.78 is 16.8. The summed E-state index contributed by atoms with van der Waals surface area (Å²) in [6.45, 7) is 6.38. The first kappa shape index (κ1) is 72.1. The lowest BCUT2D eigenvalue weighted by atomic mass is 10.0. The van der Waals surface area contributed by atoms with Crippen LogP contribution in [0, 0.1) is 0 Å². The normalized spacial score (nSPS) is 12.8. The van der Waals surface area contributed by atoms with E-state index in [1.807, 2.05) is 0 Å². The van der Waals surface area contributed by atoms with Crippen molar-refractivity contribution in [1.82, 2.24) is 0 Å². The van der Waals surface area contributed by atoms with Crippen LogP contribution >= 0.6 is 0 Å². The van der Waals surface area contributed by atoms with Gasteiger partial charge in [0.15, 0.2) is 6.10 Å². The summed E-state index contributed by atoms with van der Waals surface area (Å²) in [6, 6.07) is 0. The number of allylic oxidation sites excluding steroid dienone is 18. The van der Waals surface area contributed by atoms with Crippen molar-refractivity contribution in [2.24, 2.45) is 0 Å². The van der Waals surface area contributed by atoms with Crippen molar-refractivity contribution in [3.8, 4) is 0 Å². The molecule has 1 atom stereocenters. The molecule has 0 aromatic rings. The van der Waals surface area contributed by atoms with Gasteiger partial charge in [-0.3, -0.25) is 14.4 Å². The zero-order valence-corrected chi connectivity index (χ0v) is 49.7. The lowest BCUT2D eigenvalue weighted by molar-refractivity contribution is -0.167. The lowest BCUT2D eigenvalue weighted by Crippen LogP contribution is -2.30. The molecule has 76 heavy (non-hydrogen) atoms. The van der Waals surface area contributed by atoms with Gasteiger partial charge < -0.3 is 14.2 Å². The second kappa shape index (κ2) is 63.6. The van der Waals surface area contributed by atoms with Crippen LogP contribution in [-0.2, 0) is 28.6 Å². The molecule has 0 aliphatic carbocycles. The van der Waals surface area contributed by atoms with Crippen molar-refractivity contribution in [1.29, 1.82) is 0 Å². The highest BCUT2D eigenvalue weighted by Crippen LogP contribution is 2.16. The molecule has 0 radical (unpaired) electrons. The van der Waals surface area contributed by atoms with Crippen molar-refractivity contribution in [3.63, 3.8) is 0 Å². The van der Waals surface area contributed by atoms with E-state index in [1.54, 1.807) is 0 Å². The van der Waals surface area contributed by atoms with Crippen LogP contribution < -0.4 is 0 Å². The Morgan fingerprint density at radius 1 is 0.276 bits per heavy atom. The zero-order valence-electron chi connectivity index (χ0n) is 49.7. The third-order valence-corrected chi connectivity index (χ3v) is 13.5. The molecule has 0 aliphatic heterocycles. The van der Waals surface area contributed by atoms with Gasteiger partial charge in [0.05, 0.1) is 0 Å². The van der Waals surface area contributed by atoms with E-state index in [9.17, 15) is 14.4 Å². The lowest BCUT2D eigenvalue weighted by Gasteiger charge is -2.18. The van der Waals surface area contributed by atoms with Crippen LogP contribution in [0.15, 0.2) is 109 Å². The van der Waals surface area contributed by atoms with Gasteiger partial charge in [-0.15, -0.1) is 0 Å². The quantitative estimate of drug-likeness (QED) is 0.0261. The minimum absolute atomic E-state index is 0.0853. The standard InChI is InChI=1S/C70H118O6/c1-4-7-10-13-16-19-21-23-25-27-28-29-30-31-32-33-34-35-36-37-38-39-40-41-42-44-45-47-49-51-54-57-60-63-69(72)75-66-67(65-74-68(71)62-59-56-53-18-15-12-9-6-3)76-70(73)64-61-58-55-52-50-48-46-43-26-24-22-20-17-14-11-8-5-2/h7-8,10-11,16-17,19-20,23-26,28-29,31-32,46,48,67H,4-6,9,12-15,18,21-22,27,30,33-45,47,49-66H2,1-3H3/b10-7-,11-8-,19-16-,20-17-,25-23-,26-24-,29-28-,32-31-,48-46-. The number of unbranched alkanes of at least 4 members (excludes halogenated alkanes) is 28. The highest BCUT2D eigenvalue weighted by atomic mass is 16.6. The van der Waals surface area contributed by atoms with Crippen molar-refractivity contribution >= 4 is 17.9 Å². The van der Waals surface area contributed by atoms with Crippen LogP contribution in [0.5, 0.6) is 0 Å². The Kier molecular flexibility index (Phi) is 60.3. The van der Waals surface area contributed by atoms with Crippen molar-refractivity contribution in [2.75, 3.05) is 13.2 Å². The Bertz CT molecular complexity index is 1540. The average molecular weight is 1060 g/mol. The third kappa shape index (κ3) is 60.9. The second-order valence-electron chi connectivity index (χ2n) is 20.9. The molecule has 0 aromatic heterocycles. The van der Waals surface area contributed by atoms with Crippen LogP contribution in [0.3, 0.4) is 0 Å². The van der Waals surface area contributed by atoms with E-state index in [4.69, 9.17) is 14.2 Å². The van der Waals surface area contributed by atoms with Gasteiger partial charge in [-0.05, 0) is 103 Å². The predicted octanol–water partition coefficient (Wildman–Crippen LogP) is 21.8. The summed E-state index contributed by atoms with van der Waals surface area (Å²) in [5.41, 5.74) is 0. The molecular weight excluding hydrogens is 937 g/mol. The summed E-state index contributed by atoms with van der Waals surface area (Å²) >= 11 is 0. The fourth-order valence-electron chi connectivity index (χ4n) is 8.81. The molecule has 0 bridgehead atoms. The molecule has 0 aromatic carbocycles. The smallest absolute Gasteiger partial charge is 0.306 e. The molecule has 0 spiro atoms. The first-order valence-corrected chi connectivity index (χ1v) is 31.9. The first-order chi connectivity index (χ1) is 37.5. The highest BCUT2D eigenvalue weighted by molar-refractivity contribution is 5.71. The number of hydrogen-bond donors (Lipinski definition) is 0. The van der Waals surface area contributed by atoms with Gasteiger partial charge in [-0.2, -0.15) is 0 Å². The Labute approximate surface area is 470 Å². The average Bonchev–Trinajstić information content (AvgIpc) is 3.42.